The molecule has 0 bridgehead atoms. The van der Waals surface area contributed by atoms with Crippen molar-refractivity contribution in [3.8, 4) is 0 Å². The van der Waals surface area contributed by atoms with E-state index in [1.165, 1.54) is 36.3 Å². The van der Waals surface area contributed by atoms with Gasteiger partial charge in [-0.05, 0) is 17.9 Å². The highest BCUT2D eigenvalue weighted by Crippen LogP contribution is 2.23. The molecule has 1 aromatic carbocycles. The number of carbonyl (C=O) groups excluding carboxylic acids is 3. The Morgan fingerprint density at radius 2 is 1.83 bits per heavy atom. The summed E-state index contributed by atoms with van der Waals surface area (Å²) in [6.07, 6.45) is 2.74. The molecule has 1 aromatic heterocycles. The molecule has 0 N–H and O–H groups in total. The number of rotatable bonds is 4. The third-order valence-electron chi connectivity index (χ3n) is 3.04. The molecule has 0 spiro atoms. The summed E-state index contributed by atoms with van der Waals surface area (Å²) < 4.78 is 0. The van der Waals surface area contributed by atoms with E-state index in [0.29, 0.717) is 10.1 Å². The van der Waals surface area contributed by atoms with Crippen LogP contribution in [0.25, 0.3) is 0 Å². The average Bonchev–Trinajstić information content (AvgIpc) is 2.81. The third-order valence-corrected chi connectivity index (χ3v) is 3.83. The molecule has 0 unspecified atom stereocenters. The molecule has 2 aromatic rings. The van der Waals surface area contributed by atoms with E-state index in [4.69, 9.17) is 4.84 Å². The zero-order valence-corrected chi connectivity index (χ0v) is 12.9. The quantitative estimate of drug-likeness (QED) is 0.625. The highest BCUT2D eigenvalue weighted by Gasteiger charge is 2.39. The molecule has 0 aliphatic carbocycles. The number of hydrogen-bond donors (Lipinski definition) is 0. The largest absolute Gasteiger partial charge is 0.383 e. The van der Waals surface area contributed by atoms with E-state index in [-0.39, 0.29) is 16.8 Å². The summed E-state index contributed by atoms with van der Waals surface area (Å²) in [6, 6.07) is 6.27. The van der Waals surface area contributed by atoms with Gasteiger partial charge in [0.05, 0.1) is 23.5 Å². The number of fused-ring (bicyclic) bond motifs is 1. The van der Waals surface area contributed by atoms with Gasteiger partial charge in [-0.2, -0.15) is 0 Å². The van der Waals surface area contributed by atoms with Crippen LogP contribution in [0.5, 0.6) is 0 Å². The Balaban J connectivity index is 1.80. The predicted molar refractivity (Wildman–Crippen MR) is 80.8 cm³/mol. The Hall–Kier alpha value is -2.74. The average molecular weight is 329 g/mol. The van der Waals surface area contributed by atoms with Crippen LogP contribution in [-0.2, 0) is 4.84 Å². The summed E-state index contributed by atoms with van der Waals surface area (Å²) in [6.45, 7) is 1.94. The van der Waals surface area contributed by atoms with Gasteiger partial charge in [0.25, 0.3) is 11.8 Å². The normalized spacial score (nSPS) is 13.2. The van der Waals surface area contributed by atoms with E-state index in [1.807, 2.05) is 6.92 Å². The molecule has 7 nitrogen and oxygen atoms in total. The molecule has 8 heteroatoms. The number of aromatic nitrogens is 2. The molecule has 0 radical (unpaired) electrons. The van der Waals surface area contributed by atoms with Crippen molar-refractivity contribution in [3.63, 3.8) is 0 Å². The van der Waals surface area contributed by atoms with Crippen LogP contribution in [0.4, 0.5) is 0 Å². The summed E-state index contributed by atoms with van der Waals surface area (Å²) in [5.41, 5.74) is 0.332. The molecule has 0 fully saturated rings. The maximum Gasteiger partial charge on any atom is 0.383 e. The summed E-state index contributed by atoms with van der Waals surface area (Å²) >= 11 is 1.41. The molecule has 0 saturated heterocycles. The van der Waals surface area contributed by atoms with Gasteiger partial charge >= 0.3 is 5.97 Å². The van der Waals surface area contributed by atoms with Gasteiger partial charge in [-0.15, -0.1) is 11.8 Å². The Labute approximate surface area is 135 Å². The van der Waals surface area contributed by atoms with Crippen LogP contribution >= 0.6 is 11.8 Å². The Morgan fingerprint density at radius 1 is 1.17 bits per heavy atom. The first-order valence-electron chi connectivity index (χ1n) is 6.76. The maximum absolute atomic E-state index is 12.1. The van der Waals surface area contributed by atoms with Crippen LogP contribution in [-0.4, -0.2) is 38.6 Å². The number of hydroxylamine groups is 2. The minimum absolute atomic E-state index is 0.0694. The number of nitrogens with zero attached hydrogens (tertiary/aromatic N) is 3. The second kappa shape index (κ2) is 6.17. The number of carbonyl (C=O) groups is 3. The van der Waals surface area contributed by atoms with Crippen molar-refractivity contribution in [2.24, 2.45) is 0 Å². The topological polar surface area (TPSA) is 89.5 Å². The van der Waals surface area contributed by atoms with Crippen LogP contribution in [0.1, 0.15) is 38.1 Å². The van der Waals surface area contributed by atoms with Crippen LogP contribution in [0.3, 0.4) is 0 Å². The molecule has 116 valence electrons. The first-order chi connectivity index (χ1) is 11.1. The van der Waals surface area contributed by atoms with E-state index >= 15 is 0 Å². The van der Waals surface area contributed by atoms with E-state index in [2.05, 4.69) is 9.97 Å². The maximum atomic E-state index is 12.1. The summed E-state index contributed by atoms with van der Waals surface area (Å²) in [5, 5.41) is 1.01. The van der Waals surface area contributed by atoms with Gasteiger partial charge in [0, 0.05) is 0 Å². The lowest BCUT2D eigenvalue weighted by molar-refractivity contribution is -0.0589. The molecular formula is C15H11N3O4S. The number of benzene rings is 1. The van der Waals surface area contributed by atoms with Gasteiger partial charge in [0.2, 0.25) is 0 Å². The van der Waals surface area contributed by atoms with Gasteiger partial charge in [0.1, 0.15) is 5.03 Å². The van der Waals surface area contributed by atoms with E-state index in [0.717, 1.165) is 5.75 Å². The van der Waals surface area contributed by atoms with Crippen LogP contribution < -0.4 is 0 Å². The Kier molecular flexibility index (Phi) is 4.07. The fraction of sp³-hybridized carbons (Fsp3) is 0.133. The number of hydrogen-bond acceptors (Lipinski definition) is 7. The molecule has 2 amide bonds. The van der Waals surface area contributed by atoms with Crippen molar-refractivity contribution in [3.05, 3.63) is 53.5 Å². The molecule has 1 aliphatic rings. The van der Waals surface area contributed by atoms with E-state index in [9.17, 15) is 14.4 Å². The first-order valence-corrected chi connectivity index (χ1v) is 7.75. The highest BCUT2D eigenvalue weighted by molar-refractivity contribution is 7.99. The predicted octanol–water partition coefficient (Wildman–Crippen LogP) is 1.96. The lowest BCUT2D eigenvalue weighted by atomic mass is 10.1. The fourth-order valence-corrected chi connectivity index (χ4v) is 2.64. The lowest BCUT2D eigenvalue weighted by Crippen LogP contribution is -2.33. The van der Waals surface area contributed by atoms with Crippen molar-refractivity contribution in [1.82, 2.24) is 15.0 Å². The second-order valence-electron chi connectivity index (χ2n) is 4.50. The van der Waals surface area contributed by atoms with Crippen LogP contribution in [0.2, 0.25) is 0 Å². The van der Waals surface area contributed by atoms with Crippen LogP contribution in [0.15, 0.2) is 41.7 Å². The smallest absolute Gasteiger partial charge is 0.322 e. The molecule has 23 heavy (non-hydrogen) atoms. The Bertz CT molecular complexity index is 774. The van der Waals surface area contributed by atoms with Gasteiger partial charge in [-0.3, -0.25) is 14.6 Å². The van der Waals surface area contributed by atoms with Crippen LogP contribution in [0, 0.1) is 0 Å². The molecule has 2 heterocycles. The standard InChI is InChI=1S/C15H11N3O4S/c1-2-23-12-8-16-7-11(17-12)15(21)22-18-13(19)9-5-3-4-6-10(9)14(18)20/h3-8H,2H2,1H3. The number of amides is 2. The molecular weight excluding hydrogens is 318 g/mol. The summed E-state index contributed by atoms with van der Waals surface area (Å²) in [5.74, 6) is -1.49. The second-order valence-corrected chi connectivity index (χ2v) is 5.79. The van der Waals surface area contributed by atoms with Gasteiger partial charge in [-0.1, -0.05) is 24.1 Å². The van der Waals surface area contributed by atoms with Crippen molar-refractivity contribution in [1.29, 1.82) is 0 Å². The van der Waals surface area contributed by atoms with Gasteiger partial charge < -0.3 is 4.84 Å². The molecule has 3 rings (SSSR count). The number of imide groups is 1. The zero-order chi connectivity index (χ0) is 16.4. The minimum Gasteiger partial charge on any atom is -0.322 e. The van der Waals surface area contributed by atoms with Crippen molar-refractivity contribution in [2.75, 3.05) is 5.75 Å². The highest BCUT2D eigenvalue weighted by atomic mass is 32.2. The van der Waals surface area contributed by atoms with Crippen molar-refractivity contribution in [2.45, 2.75) is 11.9 Å². The monoisotopic (exact) mass is 329 g/mol. The minimum atomic E-state index is -0.912. The van der Waals surface area contributed by atoms with E-state index in [1.54, 1.807) is 12.1 Å². The third kappa shape index (κ3) is 2.80. The lowest BCUT2D eigenvalue weighted by Gasteiger charge is -2.12. The Morgan fingerprint density at radius 3 is 2.43 bits per heavy atom. The molecule has 0 atom stereocenters. The van der Waals surface area contributed by atoms with Crippen molar-refractivity contribution >= 4 is 29.5 Å². The molecule has 0 saturated carbocycles. The first kappa shape index (κ1) is 15.2. The van der Waals surface area contributed by atoms with Gasteiger partial charge in [0.15, 0.2) is 5.69 Å². The SMILES string of the molecule is CCSc1cncc(C(=O)ON2C(=O)c3ccccc3C2=O)n1. The number of thioether (sulfide) groups is 1. The fourth-order valence-electron chi connectivity index (χ4n) is 2.04. The summed E-state index contributed by atoms with van der Waals surface area (Å²) in [4.78, 5) is 49.3. The van der Waals surface area contributed by atoms with E-state index < -0.39 is 17.8 Å². The molecule has 1 aliphatic heterocycles. The zero-order valence-electron chi connectivity index (χ0n) is 12.1. The van der Waals surface area contributed by atoms with Crippen molar-refractivity contribution < 1.29 is 19.2 Å². The summed E-state index contributed by atoms with van der Waals surface area (Å²) in [7, 11) is 0. The van der Waals surface area contributed by atoms with Gasteiger partial charge in [-0.25, -0.2) is 9.78 Å².